The molecule has 0 spiro atoms. The molecule has 2 aromatic carbocycles. The molecular weight excluding hydrogens is 320 g/mol. The van der Waals surface area contributed by atoms with Gasteiger partial charge < -0.3 is 11.5 Å². The van der Waals surface area contributed by atoms with Crippen molar-refractivity contribution in [2.24, 2.45) is 16.5 Å². The van der Waals surface area contributed by atoms with Gasteiger partial charge >= 0.3 is 0 Å². The van der Waals surface area contributed by atoms with Crippen LogP contribution in [0.3, 0.4) is 0 Å². The van der Waals surface area contributed by atoms with Gasteiger partial charge in [0.15, 0.2) is 17.6 Å². The van der Waals surface area contributed by atoms with Gasteiger partial charge in [-0.1, -0.05) is 18.2 Å². The van der Waals surface area contributed by atoms with E-state index in [2.05, 4.69) is 4.99 Å². The molecule has 1 heterocycles. The molecule has 0 aliphatic heterocycles. The quantitative estimate of drug-likeness (QED) is 0.558. The lowest BCUT2D eigenvalue weighted by Gasteiger charge is -2.04. The summed E-state index contributed by atoms with van der Waals surface area (Å²) in [6, 6.07) is 10.7. The molecule has 23 heavy (non-hydrogen) atoms. The van der Waals surface area contributed by atoms with Crippen molar-refractivity contribution in [1.29, 1.82) is 0 Å². The van der Waals surface area contributed by atoms with Gasteiger partial charge in [0.2, 0.25) is 0 Å². The van der Waals surface area contributed by atoms with E-state index < -0.39 is 17.5 Å². The summed E-state index contributed by atoms with van der Waals surface area (Å²) >= 11 is 1.23. The molecule has 1 amide bonds. The molecule has 0 fully saturated rings. The zero-order valence-electron chi connectivity index (χ0n) is 11.7. The molecule has 0 radical (unpaired) electrons. The maximum atomic E-state index is 13.5. The molecule has 0 saturated heterocycles. The highest BCUT2D eigenvalue weighted by atomic mass is 32.1. The van der Waals surface area contributed by atoms with Crippen LogP contribution in [0.25, 0.3) is 21.2 Å². The lowest BCUT2D eigenvalue weighted by Crippen LogP contribution is -2.24. The molecule has 0 aliphatic carbocycles. The molecule has 0 aliphatic rings. The number of guanidine groups is 1. The minimum atomic E-state index is -0.925. The number of carbonyl (C=O) groups excluding carboxylic acids is 1. The topological polar surface area (TPSA) is 81.5 Å². The number of nitrogens with two attached hydrogens (primary N) is 2. The number of benzene rings is 2. The second kappa shape index (κ2) is 5.77. The Morgan fingerprint density at radius 2 is 1.83 bits per heavy atom. The van der Waals surface area contributed by atoms with E-state index in [1.165, 1.54) is 17.4 Å². The molecule has 116 valence electrons. The van der Waals surface area contributed by atoms with Gasteiger partial charge in [-0.25, -0.2) is 8.78 Å². The normalized spacial score (nSPS) is 10.7. The predicted molar refractivity (Wildman–Crippen MR) is 87.3 cm³/mol. The molecule has 3 rings (SSSR count). The van der Waals surface area contributed by atoms with E-state index in [1.807, 2.05) is 6.07 Å². The summed E-state index contributed by atoms with van der Waals surface area (Å²) in [6.07, 6.45) is 0. The highest BCUT2D eigenvalue weighted by molar-refractivity contribution is 7.20. The van der Waals surface area contributed by atoms with Crippen LogP contribution in [-0.2, 0) is 0 Å². The Balaban J connectivity index is 2.15. The number of nitrogens with zero attached hydrogens (tertiary/aromatic N) is 1. The third-order valence-corrected chi connectivity index (χ3v) is 4.32. The highest BCUT2D eigenvalue weighted by Gasteiger charge is 2.14. The van der Waals surface area contributed by atoms with Crippen LogP contribution in [0, 0.1) is 11.6 Å². The number of aliphatic imine (C=N–C) groups is 1. The van der Waals surface area contributed by atoms with Crippen molar-refractivity contribution in [3.8, 4) is 11.1 Å². The first kappa shape index (κ1) is 15.1. The van der Waals surface area contributed by atoms with Crippen molar-refractivity contribution in [2.75, 3.05) is 0 Å². The van der Waals surface area contributed by atoms with E-state index in [0.717, 1.165) is 22.2 Å². The van der Waals surface area contributed by atoms with Crippen LogP contribution in [0.4, 0.5) is 8.78 Å². The van der Waals surface area contributed by atoms with Crippen LogP contribution in [0.2, 0.25) is 0 Å². The molecular formula is C16H11F2N3OS. The average molecular weight is 331 g/mol. The first-order valence-corrected chi connectivity index (χ1v) is 7.39. The van der Waals surface area contributed by atoms with Crippen LogP contribution < -0.4 is 11.5 Å². The van der Waals surface area contributed by atoms with Gasteiger partial charge in [0.1, 0.15) is 0 Å². The average Bonchev–Trinajstić information content (AvgIpc) is 2.93. The fourth-order valence-corrected chi connectivity index (χ4v) is 3.23. The highest BCUT2D eigenvalue weighted by Crippen LogP contribution is 2.34. The Bertz CT molecular complexity index is 946. The molecule has 1 aromatic heterocycles. The second-order valence-corrected chi connectivity index (χ2v) is 5.88. The lowest BCUT2D eigenvalue weighted by molar-refractivity contribution is 0.101. The number of hydrogen-bond acceptors (Lipinski definition) is 2. The fraction of sp³-hybridized carbons (Fsp3) is 0. The summed E-state index contributed by atoms with van der Waals surface area (Å²) in [5.74, 6) is -2.68. The number of thiophene rings is 1. The summed E-state index contributed by atoms with van der Waals surface area (Å²) in [6.45, 7) is 0. The molecule has 4 N–H and O–H groups in total. The summed E-state index contributed by atoms with van der Waals surface area (Å²) in [7, 11) is 0. The lowest BCUT2D eigenvalue weighted by atomic mass is 10.0. The Labute approximate surface area is 134 Å². The first-order valence-electron chi connectivity index (χ1n) is 6.57. The van der Waals surface area contributed by atoms with Crippen molar-refractivity contribution in [3.05, 3.63) is 59.0 Å². The largest absolute Gasteiger partial charge is 0.370 e. The predicted octanol–water partition coefficient (Wildman–Crippen LogP) is 3.26. The number of carbonyl (C=O) groups is 1. The van der Waals surface area contributed by atoms with Gasteiger partial charge in [-0.2, -0.15) is 4.99 Å². The van der Waals surface area contributed by atoms with Gasteiger partial charge in [0.05, 0.1) is 4.88 Å². The van der Waals surface area contributed by atoms with Crippen molar-refractivity contribution >= 4 is 33.3 Å². The van der Waals surface area contributed by atoms with Crippen molar-refractivity contribution in [1.82, 2.24) is 0 Å². The van der Waals surface area contributed by atoms with E-state index in [-0.39, 0.29) is 5.96 Å². The van der Waals surface area contributed by atoms with Crippen LogP contribution in [0.5, 0.6) is 0 Å². The Morgan fingerprint density at radius 3 is 2.52 bits per heavy atom. The minimum absolute atomic E-state index is 0.312. The third kappa shape index (κ3) is 2.91. The summed E-state index contributed by atoms with van der Waals surface area (Å²) in [5, 5.41) is 0.748. The molecule has 0 atom stereocenters. The number of hydrogen-bond donors (Lipinski definition) is 2. The SMILES string of the molecule is NC(N)=NC(=O)c1cc2c(-c3ccc(F)c(F)c3)cccc2s1. The van der Waals surface area contributed by atoms with Crippen LogP contribution >= 0.6 is 11.3 Å². The Kier molecular flexibility index (Phi) is 3.79. The van der Waals surface area contributed by atoms with Gasteiger partial charge in [-0.15, -0.1) is 11.3 Å². The van der Waals surface area contributed by atoms with E-state index in [9.17, 15) is 13.6 Å². The van der Waals surface area contributed by atoms with Gasteiger partial charge in [-0.3, -0.25) is 4.79 Å². The minimum Gasteiger partial charge on any atom is -0.370 e. The van der Waals surface area contributed by atoms with E-state index >= 15 is 0 Å². The van der Waals surface area contributed by atoms with E-state index in [1.54, 1.807) is 18.2 Å². The molecule has 4 nitrogen and oxygen atoms in total. The summed E-state index contributed by atoms with van der Waals surface area (Å²) in [4.78, 5) is 15.8. The molecule has 0 unspecified atom stereocenters. The van der Waals surface area contributed by atoms with Crippen molar-refractivity contribution < 1.29 is 13.6 Å². The zero-order chi connectivity index (χ0) is 16.6. The molecule has 7 heteroatoms. The maximum absolute atomic E-state index is 13.5. The standard InChI is InChI=1S/C16H11F2N3OS/c17-11-5-4-8(6-12(11)18)9-2-1-3-13-10(9)7-14(23-13)15(22)21-16(19)20/h1-7H,(H4,19,20,21,22). The number of amides is 1. The van der Waals surface area contributed by atoms with E-state index in [0.29, 0.717) is 16.0 Å². The smallest absolute Gasteiger partial charge is 0.290 e. The van der Waals surface area contributed by atoms with Crippen LogP contribution in [-0.4, -0.2) is 11.9 Å². The molecule has 0 bridgehead atoms. The Morgan fingerprint density at radius 1 is 1.04 bits per heavy atom. The van der Waals surface area contributed by atoms with Gasteiger partial charge in [0.25, 0.3) is 5.91 Å². The van der Waals surface area contributed by atoms with Gasteiger partial charge in [0, 0.05) is 10.1 Å². The summed E-state index contributed by atoms with van der Waals surface area (Å²) in [5.41, 5.74) is 11.6. The number of halogens is 2. The van der Waals surface area contributed by atoms with E-state index in [4.69, 9.17) is 11.5 Å². The van der Waals surface area contributed by atoms with Crippen molar-refractivity contribution in [3.63, 3.8) is 0 Å². The van der Waals surface area contributed by atoms with Crippen molar-refractivity contribution in [2.45, 2.75) is 0 Å². The second-order valence-electron chi connectivity index (χ2n) is 4.80. The Hall–Kier alpha value is -2.80. The monoisotopic (exact) mass is 331 g/mol. The third-order valence-electron chi connectivity index (χ3n) is 3.23. The van der Waals surface area contributed by atoms with Gasteiger partial charge in [-0.05, 0) is 35.4 Å². The maximum Gasteiger partial charge on any atom is 0.290 e. The van der Waals surface area contributed by atoms with Crippen LogP contribution in [0.15, 0.2) is 47.5 Å². The number of fused-ring (bicyclic) bond motifs is 1. The first-order chi connectivity index (χ1) is 11.0. The number of rotatable bonds is 2. The molecule has 0 saturated carbocycles. The van der Waals surface area contributed by atoms with Crippen LogP contribution in [0.1, 0.15) is 9.67 Å². The zero-order valence-corrected chi connectivity index (χ0v) is 12.5. The summed E-state index contributed by atoms with van der Waals surface area (Å²) < 4.78 is 27.4. The molecule has 3 aromatic rings. The fourth-order valence-electron chi connectivity index (χ4n) is 2.25.